The highest BCUT2D eigenvalue weighted by Gasteiger charge is 2.45. The van der Waals surface area contributed by atoms with Crippen molar-refractivity contribution in [1.82, 2.24) is 9.80 Å². The molecule has 3 aliphatic heterocycles. The number of benzene rings is 1. The van der Waals surface area contributed by atoms with Gasteiger partial charge in [0, 0.05) is 26.2 Å². The minimum atomic E-state index is -0.618. The van der Waals surface area contributed by atoms with Crippen LogP contribution >= 0.6 is 0 Å². The Balaban J connectivity index is 1.36. The zero-order chi connectivity index (χ0) is 19.0. The molecule has 0 aliphatic carbocycles. The Morgan fingerprint density at radius 2 is 1.78 bits per heavy atom. The number of nitrogens with zero attached hydrogens (tertiary/aromatic N) is 2. The number of nitrogens with one attached hydrogen (secondary N) is 2. The van der Waals surface area contributed by atoms with Crippen molar-refractivity contribution in [3.05, 3.63) is 24.3 Å². The van der Waals surface area contributed by atoms with Gasteiger partial charge in [-0.2, -0.15) is 0 Å². The molecule has 2 amide bonds. The number of likely N-dealkylation sites (tertiary alicyclic amines) is 1. The summed E-state index contributed by atoms with van der Waals surface area (Å²) in [7, 11) is 0. The van der Waals surface area contributed by atoms with Crippen LogP contribution in [0.3, 0.4) is 0 Å². The lowest BCUT2D eigenvalue weighted by Crippen LogP contribution is -2.60. The summed E-state index contributed by atoms with van der Waals surface area (Å²) in [6.07, 6.45) is 1.55. The second-order valence-electron chi connectivity index (χ2n) is 8.04. The van der Waals surface area contributed by atoms with Gasteiger partial charge in [0.1, 0.15) is 5.54 Å². The van der Waals surface area contributed by atoms with Gasteiger partial charge in [0.25, 0.3) is 0 Å². The molecule has 7 nitrogen and oxygen atoms in total. The molecule has 2 fully saturated rings. The fraction of sp³-hybridized carbons (Fsp3) is 0.600. The van der Waals surface area contributed by atoms with Crippen LogP contribution in [0.1, 0.15) is 26.7 Å². The predicted octanol–water partition coefficient (Wildman–Crippen LogP) is 1.52. The van der Waals surface area contributed by atoms with E-state index in [1.807, 2.05) is 43.0 Å². The minimum Gasteiger partial charge on any atom is -0.373 e. The number of morpholine rings is 1. The van der Waals surface area contributed by atoms with Gasteiger partial charge in [-0.15, -0.1) is 0 Å². The number of fused-ring (bicyclic) bond motifs is 1. The molecule has 2 unspecified atom stereocenters. The summed E-state index contributed by atoms with van der Waals surface area (Å²) in [5, 5.41) is 6.45. The van der Waals surface area contributed by atoms with E-state index in [1.54, 1.807) is 0 Å². The minimum absolute atomic E-state index is 0.00382. The zero-order valence-electron chi connectivity index (χ0n) is 16.0. The zero-order valence-corrected chi connectivity index (χ0v) is 16.0. The second-order valence-corrected chi connectivity index (χ2v) is 8.04. The van der Waals surface area contributed by atoms with Gasteiger partial charge in [0.15, 0.2) is 0 Å². The first-order valence-electron chi connectivity index (χ1n) is 9.79. The van der Waals surface area contributed by atoms with Crippen molar-refractivity contribution in [1.29, 1.82) is 0 Å². The van der Waals surface area contributed by atoms with Gasteiger partial charge < -0.3 is 20.3 Å². The van der Waals surface area contributed by atoms with Gasteiger partial charge in [0.05, 0.1) is 30.1 Å². The molecule has 3 aliphatic rings. The van der Waals surface area contributed by atoms with E-state index in [-0.39, 0.29) is 24.0 Å². The van der Waals surface area contributed by atoms with Crippen LogP contribution in [-0.4, -0.2) is 72.1 Å². The van der Waals surface area contributed by atoms with Gasteiger partial charge in [0.2, 0.25) is 11.8 Å². The maximum absolute atomic E-state index is 12.8. The molecule has 2 saturated heterocycles. The standard InChI is InChI=1S/C20H28N4O3/c1-14-11-23(12-15(2)27-14)13-18(25)24-9-7-20(8-10-24)19(26)21-16-5-3-4-6-17(16)22-20/h3-6,14-15,22H,7-13H2,1-2H3,(H,21,26). The van der Waals surface area contributed by atoms with Crippen LogP contribution in [0.5, 0.6) is 0 Å². The topological polar surface area (TPSA) is 73.9 Å². The number of ether oxygens (including phenoxy) is 1. The fourth-order valence-corrected chi connectivity index (χ4v) is 4.45. The number of anilines is 2. The van der Waals surface area contributed by atoms with Gasteiger partial charge in [-0.3, -0.25) is 14.5 Å². The lowest BCUT2D eigenvalue weighted by atomic mass is 9.84. The highest BCUT2D eigenvalue weighted by molar-refractivity contribution is 6.06. The summed E-state index contributed by atoms with van der Waals surface area (Å²) in [6, 6.07) is 7.75. The van der Waals surface area contributed by atoms with Crippen molar-refractivity contribution in [2.75, 3.05) is 43.4 Å². The largest absolute Gasteiger partial charge is 0.373 e. The molecule has 0 bridgehead atoms. The summed E-state index contributed by atoms with van der Waals surface area (Å²) in [5.74, 6) is 0.145. The Morgan fingerprint density at radius 3 is 2.44 bits per heavy atom. The molecular weight excluding hydrogens is 344 g/mol. The van der Waals surface area contributed by atoms with Crippen LogP contribution in [0.15, 0.2) is 24.3 Å². The van der Waals surface area contributed by atoms with E-state index in [0.29, 0.717) is 32.5 Å². The van der Waals surface area contributed by atoms with Crippen molar-refractivity contribution in [2.45, 2.75) is 44.4 Å². The normalized spacial score (nSPS) is 27.6. The smallest absolute Gasteiger partial charge is 0.250 e. The van der Waals surface area contributed by atoms with E-state index in [0.717, 1.165) is 24.5 Å². The SMILES string of the molecule is CC1CN(CC(=O)N2CCC3(CC2)Nc2ccccc2NC3=O)CC(C)O1. The Labute approximate surface area is 160 Å². The summed E-state index contributed by atoms with van der Waals surface area (Å²) in [4.78, 5) is 29.5. The van der Waals surface area contributed by atoms with E-state index in [9.17, 15) is 9.59 Å². The number of para-hydroxylation sites is 2. The molecule has 0 aromatic heterocycles. The highest BCUT2D eigenvalue weighted by Crippen LogP contribution is 2.36. The van der Waals surface area contributed by atoms with Crippen LogP contribution in [0.4, 0.5) is 11.4 Å². The number of carbonyl (C=O) groups excluding carboxylic acids is 2. The molecule has 27 heavy (non-hydrogen) atoms. The summed E-state index contributed by atoms with van der Waals surface area (Å²) in [5.41, 5.74) is 1.16. The Morgan fingerprint density at radius 1 is 1.15 bits per heavy atom. The Kier molecular flexibility index (Phi) is 4.82. The van der Waals surface area contributed by atoms with Crippen molar-refractivity contribution in [3.8, 4) is 0 Å². The average Bonchev–Trinajstić information content (AvgIpc) is 2.62. The molecule has 2 N–H and O–H groups in total. The third-order valence-electron chi connectivity index (χ3n) is 5.81. The number of amides is 2. The lowest BCUT2D eigenvalue weighted by molar-refractivity contribution is -0.138. The first-order valence-corrected chi connectivity index (χ1v) is 9.79. The third-order valence-corrected chi connectivity index (χ3v) is 5.81. The molecule has 0 radical (unpaired) electrons. The van der Waals surface area contributed by atoms with Crippen LogP contribution in [0.2, 0.25) is 0 Å². The Hall–Kier alpha value is -2.12. The molecule has 146 valence electrons. The van der Waals surface area contributed by atoms with Crippen molar-refractivity contribution >= 4 is 23.2 Å². The number of hydrogen-bond acceptors (Lipinski definition) is 5. The van der Waals surface area contributed by atoms with E-state index >= 15 is 0 Å². The molecule has 3 heterocycles. The van der Waals surface area contributed by atoms with Gasteiger partial charge >= 0.3 is 0 Å². The van der Waals surface area contributed by atoms with E-state index < -0.39 is 5.54 Å². The summed E-state index contributed by atoms with van der Waals surface area (Å²) >= 11 is 0. The summed E-state index contributed by atoms with van der Waals surface area (Å²) in [6.45, 7) is 7.27. The first kappa shape index (κ1) is 18.3. The molecular formula is C20H28N4O3. The van der Waals surface area contributed by atoms with Crippen LogP contribution in [0.25, 0.3) is 0 Å². The number of carbonyl (C=O) groups is 2. The van der Waals surface area contributed by atoms with Gasteiger partial charge in [-0.1, -0.05) is 12.1 Å². The van der Waals surface area contributed by atoms with Crippen molar-refractivity contribution in [2.24, 2.45) is 0 Å². The quantitative estimate of drug-likeness (QED) is 0.823. The molecule has 4 rings (SSSR count). The molecule has 1 aromatic carbocycles. The van der Waals surface area contributed by atoms with Crippen molar-refractivity contribution < 1.29 is 14.3 Å². The van der Waals surface area contributed by atoms with Crippen LogP contribution < -0.4 is 10.6 Å². The monoisotopic (exact) mass is 372 g/mol. The predicted molar refractivity (Wildman–Crippen MR) is 104 cm³/mol. The van der Waals surface area contributed by atoms with Crippen LogP contribution in [-0.2, 0) is 14.3 Å². The van der Waals surface area contributed by atoms with E-state index in [2.05, 4.69) is 15.5 Å². The first-order chi connectivity index (χ1) is 12.9. The maximum atomic E-state index is 12.8. The van der Waals surface area contributed by atoms with E-state index in [4.69, 9.17) is 4.74 Å². The fourth-order valence-electron chi connectivity index (χ4n) is 4.45. The Bertz CT molecular complexity index is 720. The van der Waals surface area contributed by atoms with Gasteiger partial charge in [-0.25, -0.2) is 0 Å². The molecule has 1 spiro atoms. The maximum Gasteiger partial charge on any atom is 0.250 e. The summed E-state index contributed by atoms with van der Waals surface area (Å²) < 4.78 is 5.74. The lowest BCUT2D eigenvalue weighted by Gasteiger charge is -2.44. The third kappa shape index (κ3) is 3.66. The highest BCUT2D eigenvalue weighted by atomic mass is 16.5. The molecule has 2 atom stereocenters. The molecule has 7 heteroatoms. The number of piperidine rings is 1. The van der Waals surface area contributed by atoms with Gasteiger partial charge in [-0.05, 0) is 38.8 Å². The average molecular weight is 372 g/mol. The van der Waals surface area contributed by atoms with Crippen molar-refractivity contribution in [3.63, 3.8) is 0 Å². The van der Waals surface area contributed by atoms with Crippen LogP contribution in [0, 0.1) is 0 Å². The van der Waals surface area contributed by atoms with E-state index in [1.165, 1.54) is 0 Å². The number of rotatable bonds is 2. The number of hydrogen-bond donors (Lipinski definition) is 2. The molecule has 1 aromatic rings. The molecule has 0 saturated carbocycles. The second kappa shape index (κ2) is 7.13.